The fraction of sp³-hybridized carbons (Fsp3) is 0.480. The quantitative estimate of drug-likeness (QED) is 0.320. The monoisotopic (exact) mass is 514 g/mol. The number of hydrogen-bond donors (Lipinski definition) is 1. The van der Waals surface area contributed by atoms with Crippen LogP contribution in [0.1, 0.15) is 56.6 Å². The van der Waals surface area contributed by atoms with Crippen LogP contribution in [-0.4, -0.2) is 55.2 Å². The highest BCUT2D eigenvalue weighted by atomic mass is 32.2. The lowest BCUT2D eigenvalue weighted by molar-refractivity contribution is -0.137. The molecule has 0 aliphatic carbocycles. The number of unbranched alkanes of at least 4 members (excludes halogenated alkanes) is 2. The van der Waals surface area contributed by atoms with Crippen molar-refractivity contribution < 1.29 is 14.7 Å². The van der Waals surface area contributed by atoms with E-state index >= 15 is 0 Å². The van der Waals surface area contributed by atoms with E-state index < -0.39 is 5.97 Å². The van der Waals surface area contributed by atoms with Gasteiger partial charge >= 0.3 is 5.97 Å². The third kappa shape index (κ3) is 5.75. The largest absolute Gasteiger partial charge is 0.481 e. The van der Waals surface area contributed by atoms with Gasteiger partial charge in [0.25, 0.3) is 11.5 Å². The van der Waals surface area contributed by atoms with Gasteiger partial charge in [0.2, 0.25) is 0 Å². The summed E-state index contributed by atoms with van der Waals surface area (Å²) in [5.74, 6) is 0.212. The second-order valence-electron chi connectivity index (χ2n) is 9.30. The van der Waals surface area contributed by atoms with Gasteiger partial charge in [-0.1, -0.05) is 43.4 Å². The molecule has 186 valence electrons. The molecule has 0 aromatic carbocycles. The molecule has 2 saturated heterocycles. The zero-order valence-corrected chi connectivity index (χ0v) is 21.7. The van der Waals surface area contributed by atoms with Gasteiger partial charge in [0.1, 0.15) is 15.8 Å². The number of nitrogens with zero attached hydrogens (tertiary/aromatic N) is 4. The van der Waals surface area contributed by atoms with Crippen molar-refractivity contribution in [2.75, 3.05) is 24.5 Å². The normalized spacial score (nSPS) is 18.3. The SMILES string of the molecule is Cc1ccc2nc(N3CCC(C)CC3)c(/C=C3/SC(=S)N(CCCCCC(=O)O)C3=O)c(=O)n2c1. The number of thiocarbonyl (C=S) groups is 1. The summed E-state index contributed by atoms with van der Waals surface area (Å²) in [5.41, 5.74) is 1.73. The molecule has 4 heterocycles. The van der Waals surface area contributed by atoms with Gasteiger partial charge in [-0.25, -0.2) is 4.98 Å². The Bertz CT molecular complexity index is 1250. The van der Waals surface area contributed by atoms with Crippen LogP contribution < -0.4 is 10.5 Å². The molecule has 0 spiro atoms. The number of carbonyl (C=O) groups is 2. The first-order chi connectivity index (χ1) is 16.7. The number of pyridine rings is 1. The van der Waals surface area contributed by atoms with Crippen LogP contribution in [0.4, 0.5) is 5.82 Å². The molecule has 2 aliphatic heterocycles. The summed E-state index contributed by atoms with van der Waals surface area (Å²) in [5, 5.41) is 8.78. The van der Waals surface area contributed by atoms with Gasteiger partial charge in [-0.15, -0.1) is 0 Å². The predicted molar refractivity (Wildman–Crippen MR) is 143 cm³/mol. The van der Waals surface area contributed by atoms with E-state index in [1.807, 2.05) is 19.1 Å². The maximum absolute atomic E-state index is 13.6. The Kier molecular flexibility index (Phi) is 7.91. The van der Waals surface area contributed by atoms with Crippen molar-refractivity contribution in [3.05, 3.63) is 44.7 Å². The Morgan fingerprint density at radius 3 is 2.69 bits per heavy atom. The zero-order valence-electron chi connectivity index (χ0n) is 20.0. The van der Waals surface area contributed by atoms with Crippen molar-refractivity contribution in [2.45, 2.75) is 52.4 Å². The molecule has 1 amide bonds. The fourth-order valence-corrected chi connectivity index (χ4v) is 5.67. The number of aliphatic carboxylic acids is 1. The van der Waals surface area contributed by atoms with E-state index in [0.29, 0.717) is 58.0 Å². The highest BCUT2D eigenvalue weighted by molar-refractivity contribution is 8.26. The number of carboxylic acids is 1. The van der Waals surface area contributed by atoms with Crippen molar-refractivity contribution in [1.82, 2.24) is 14.3 Å². The number of anilines is 1. The molecule has 0 atom stereocenters. The van der Waals surface area contributed by atoms with Gasteiger partial charge in [-0.05, 0) is 56.2 Å². The second-order valence-corrected chi connectivity index (χ2v) is 11.0. The minimum absolute atomic E-state index is 0.120. The van der Waals surface area contributed by atoms with Gasteiger partial charge in [-0.3, -0.25) is 23.7 Å². The third-order valence-corrected chi connectivity index (χ3v) is 7.87. The topological polar surface area (TPSA) is 95.2 Å². The molecule has 4 rings (SSSR count). The third-order valence-electron chi connectivity index (χ3n) is 6.49. The number of aryl methyl sites for hydroxylation is 1. The number of carbonyl (C=O) groups excluding carboxylic acids is 1. The summed E-state index contributed by atoms with van der Waals surface area (Å²) in [6.07, 6.45) is 7.54. The summed E-state index contributed by atoms with van der Waals surface area (Å²) < 4.78 is 2.00. The zero-order chi connectivity index (χ0) is 25.1. The van der Waals surface area contributed by atoms with E-state index in [2.05, 4.69) is 11.8 Å². The molecule has 2 aromatic heterocycles. The van der Waals surface area contributed by atoms with Gasteiger partial charge in [-0.2, -0.15) is 0 Å². The van der Waals surface area contributed by atoms with E-state index in [0.717, 1.165) is 31.5 Å². The van der Waals surface area contributed by atoms with Crippen LogP contribution in [0.5, 0.6) is 0 Å². The number of aromatic nitrogens is 2. The molecule has 0 saturated carbocycles. The van der Waals surface area contributed by atoms with Crippen molar-refractivity contribution in [3.63, 3.8) is 0 Å². The van der Waals surface area contributed by atoms with Crippen molar-refractivity contribution in [2.24, 2.45) is 5.92 Å². The van der Waals surface area contributed by atoms with Gasteiger partial charge in [0.15, 0.2) is 0 Å². The molecule has 0 radical (unpaired) electrons. The second kappa shape index (κ2) is 10.9. The van der Waals surface area contributed by atoms with Gasteiger partial charge in [0, 0.05) is 32.3 Å². The van der Waals surface area contributed by atoms with Gasteiger partial charge < -0.3 is 10.0 Å². The molecular weight excluding hydrogens is 484 g/mol. The minimum atomic E-state index is -0.817. The van der Waals surface area contributed by atoms with Crippen molar-refractivity contribution in [1.29, 1.82) is 0 Å². The first-order valence-electron chi connectivity index (χ1n) is 12.0. The summed E-state index contributed by atoms with van der Waals surface area (Å²) in [7, 11) is 0. The summed E-state index contributed by atoms with van der Waals surface area (Å²) in [4.78, 5) is 46.4. The van der Waals surface area contributed by atoms with Crippen LogP contribution in [0, 0.1) is 12.8 Å². The maximum Gasteiger partial charge on any atom is 0.303 e. The smallest absolute Gasteiger partial charge is 0.303 e. The molecule has 2 aliphatic rings. The number of hydrogen-bond acceptors (Lipinski definition) is 7. The Balaban J connectivity index is 1.64. The first-order valence-corrected chi connectivity index (χ1v) is 13.2. The molecule has 35 heavy (non-hydrogen) atoms. The Hall–Kier alpha value is -2.72. The summed E-state index contributed by atoms with van der Waals surface area (Å²) >= 11 is 6.65. The lowest BCUT2D eigenvalue weighted by Gasteiger charge is -2.32. The standard InChI is InChI=1S/C25H30N4O4S2/c1-16-9-12-27(13-10-16)22-18(23(32)29-15-17(2)7-8-20(29)26-22)14-19-24(33)28(25(34)35-19)11-5-3-4-6-21(30)31/h7-8,14-16H,3-6,9-13H2,1-2H3,(H,30,31)/b19-14+. The number of rotatable bonds is 8. The van der Waals surface area contributed by atoms with E-state index in [4.69, 9.17) is 22.3 Å². The molecule has 2 fully saturated rings. The summed E-state index contributed by atoms with van der Waals surface area (Å²) in [6.45, 7) is 6.22. The van der Waals surface area contributed by atoms with E-state index in [1.54, 1.807) is 21.6 Å². The molecule has 0 unspecified atom stereocenters. The van der Waals surface area contributed by atoms with Gasteiger partial charge in [0.05, 0.1) is 10.5 Å². The van der Waals surface area contributed by atoms with E-state index in [9.17, 15) is 14.4 Å². The highest BCUT2D eigenvalue weighted by Crippen LogP contribution is 2.34. The highest BCUT2D eigenvalue weighted by Gasteiger charge is 2.32. The number of carboxylic acid groups (broad SMARTS) is 1. The van der Waals surface area contributed by atoms with Crippen molar-refractivity contribution in [3.8, 4) is 0 Å². The van der Waals surface area contributed by atoms with Crippen LogP contribution in [0.2, 0.25) is 0 Å². The Morgan fingerprint density at radius 1 is 1.23 bits per heavy atom. The molecule has 1 N–H and O–H groups in total. The lowest BCUT2D eigenvalue weighted by Crippen LogP contribution is -2.36. The molecule has 0 bridgehead atoms. The molecule has 10 heteroatoms. The molecular formula is C25H30N4O4S2. The average molecular weight is 515 g/mol. The van der Waals surface area contributed by atoms with Crippen LogP contribution in [-0.2, 0) is 9.59 Å². The number of piperidine rings is 1. The number of thioether (sulfide) groups is 1. The van der Waals surface area contributed by atoms with Crippen LogP contribution in [0.25, 0.3) is 11.7 Å². The number of amides is 1. The summed E-state index contributed by atoms with van der Waals surface area (Å²) in [6, 6.07) is 3.78. The first kappa shape index (κ1) is 25.4. The minimum Gasteiger partial charge on any atom is -0.481 e. The number of fused-ring (bicyclic) bond motifs is 1. The fourth-order valence-electron chi connectivity index (χ4n) is 4.38. The van der Waals surface area contributed by atoms with Crippen molar-refractivity contribution >= 4 is 57.7 Å². The average Bonchev–Trinajstić information content (AvgIpc) is 3.08. The maximum atomic E-state index is 13.6. The van der Waals surface area contributed by atoms with Crippen LogP contribution >= 0.6 is 24.0 Å². The van der Waals surface area contributed by atoms with E-state index in [-0.39, 0.29) is 17.9 Å². The lowest BCUT2D eigenvalue weighted by atomic mass is 9.99. The Morgan fingerprint density at radius 2 is 1.97 bits per heavy atom. The Labute approximate surface area is 214 Å². The van der Waals surface area contributed by atoms with E-state index in [1.165, 1.54) is 11.8 Å². The molecule has 2 aromatic rings. The predicted octanol–water partition coefficient (Wildman–Crippen LogP) is 4.09. The van der Waals surface area contributed by atoms with Crippen LogP contribution in [0.15, 0.2) is 28.0 Å². The molecule has 8 nitrogen and oxygen atoms in total. The van der Waals surface area contributed by atoms with Crippen LogP contribution in [0.3, 0.4) is 0 Å².